The molecule has 96 valence electrons. The molecular weight excluding hydrogens is 242 g/mol. The number of nitrogens with two attached hydrogens (primary N) is 1. The zero-order valence-electron chi connectivity index (χ0n) is 10.5. The molecule has 2 N–H and O–H groups in total. The van der Waals surface area contributed by atoms with E-state index in [-0.39, 0.29) is 0 Å². The second-order valence-electron chi connectivity index (χ2n) is 4.17. The number of nitrogens with zero attached hydrogens (tertiary/aromatic N) is 2. The Morgan fingerprint density at radius 1 is 1.21 bits per heavy atom. The molecule has 0 saturated heterocycles. The number of aromatic nitrogens is 2. The Morgan fingerprint density at radius 2 is 2.11 bits per heavy atom. The first-order chi connectivity index (χ1) is 9.26. The topological polar surface area (TPSA) is 78.1 Å². The van der Waals surface area contributed by atoms with Gasteiger partial charge in [0, 0.05) is 17.7 Å². The molecule has 0 saturated carbocycles. The van der Waals surface area contributed by atoms with Gasteiger partial charge >= 0.3 is 0 Å². The van der Waals surface area contributed by atoms with Gasteiger partial charge in [-0.2, -0.15) is 4.98 Å². The van der Waals surface area contributed by atoms with Crippen molar-refractivity contribution in [1.82, 2.24) is 10.1 Å². The molecule has 0 aliphatic carbocycles. The molecule has 3 rings (SSSR count). The van der Waals surface area contributed by atoms with Gasteiger partial charge in [-0.3, -0.25) is 0 Å². The number of nitrogen functional groups attached to an aromatic ring is 1. The van der Waals surface area contributed by atoms with E-state index in [1.807, 2.05) is 37.3 Å². The number of aryl methyl sites for hydroxylation is 1. The van der Waals surface area contributed by atoms with Crippen LogP contribution in [0.4, 0.5) is 5.69 Å². The second kappa shape index (κ2) is 4.61. The van der Waals surface area contributed by atoms with Gasteiger partial charge in [-0.1, -0.05) is 24.2 Å². The summed E-state index contributed by atoms with van der Waals surface area (Å²) in [6.07, 6.45) is 0.830. The van der Waals surface area contributed by atoms with E-state index in [9.17, 15) is 0 Å². The maximum atomic E-state index is 5.73. The molecule has 3 aromatic rings. The van der Waals surface area contributed by atoms with Crippen molar-refractivity contribution < 1.29 is 8.94 Å². The summed E-state index contributed by atoms with van der Waals surface area (Å²) in [6.45, 7) is 2.02. The number of hydrogen-bond acceptors (Lipinski definition) is 5. The first-order valence-corrected chi connectivity index (χ1v) is 6.05. The van der Waals surface area contributed by atoms with Gasteiger partial charge in [0.25, 0.3) is 5.89 Å². The summed E-state index contributed by atoms with van der Waals surface area (Å²) >= 11 is 0. The molecule has 0 spiro atoms. The molecule has 5 heteroatoms. The van der Waals surface area contributed by atoms with E-state index in [0.29, 0.717) is 23.2 Å². The molecule has 0 aliphatic heterocycles. The van der Waals surface area contributed by atoms with E-state index in [2.05, 4.69) is 10.1 Å². The fourth-order valence-electron chi connectivity index (χ4n) is 1.80. The third-order valence-electron chi connectivity index (χ3n) is 2.79. The Balaban J connectivity index is 1.95. The average Bonchev–Trinajstić information content (AvgIpc) is 3.07. The summed E-state index contributed by atoms with van der Waals surface area (Å²) in [5, 5.41) is 3.94. The fraction of sp³-hybridized carbons (Fsp3) is 0.143. The molecule has 1 aromatic carbocycles. The molecule has 0 fully saturated rings. The number of benzene rings is 1. The zero-order chi connectivity index (χ0) is 13.2. The highest BCUT2D eigenvalue weighted by molar-refractivity contribution is 5.62. The van der Waals surface area contributed by atoms with E-state index >= 15 is 0 Å². The summed E-state index contributed by atoms with van der Waals surface area (Å²) in [4.78, 5) is 4.31. The summed E-state index contributed by atoms with van der Waals surface area (Å²) in [5.41, 5.74) is 7.21. The van der Waals surface area contributed by atoms with Crippen LogP contribution in [0.3, 0.4) is 0 Å². The fourth-order valence-corrected chi connectivity index (χ4v) is 1.80. The van der Waals surface area contributed by atoms with Gasteiger partial charge in [0.1, 0.15) is 5.76 Å². The van der Waals surface area contributed by atoms with Crippen LogP contribution in [-0.4, -0.2) is 10.1 Å². The molecule has 2 heterocycles. The Bertz CT molecular complexity index is 700. The quantitative estimate of drug-likeness (QED) is 0.727. The Morgan fingerprint density at radius 3 is 2.84 bits per heavy atom. The minimum Gasteiger partial charge on any atom is -0.456 e. The van der Waals surface area contributed by atoms with Gasteiger partial charge in [0.2, 0.25) is 5.82 Å². The molecule has 0 unspecified atom stereocenters. The lowest BCUT2D eigenvalue weighted by Gasteiger charge is -1.95. The van der Waals surface area contributed by atoms with Crippen LogP contribution in [0.2, 0.25) is 0 Å². The van der Waals surface area contributed by atoms with Crippen LogP contribution in [0.25, 0.3) is 23.0 Å². The van der Waals surface area contributed by atoms with E-state index in [0.717, 1.165) is 17.7 Å². The predicted octanol–water partition coefficient (Wildman–Crippen LogP) is 3.14. The van der Waals surface area contributed by atoms with Crippen LogP contribution in [0, 0.1) is 0 Å². The van der Waals surface area contributed by atoms with Gasteiger partial charge in [0.05, 0.1) is 0 Å². The lowest BCUT2D eigenvalue weighted by atomic mass is 10.2. The van der Waals surface area contributed by atoms with Crippen molar-refractivity contribution in [2.45, 2.75) is 13.3 Å². The highest BCUT2D eigenvalue weighted by atomic mass is 16.5. The molecule has 0 amide bonds. The maximum absolute atomic E-state index is 5.73. The Kier molecular flexibility index (Phi) is 2.79. The first kappa shape index (κ1) is 11.5. The van der Waals surface area contributed by atoms with Gasteiger partial charge in [0.15, 0.2) is 5.76 Å². The van der Waals surface area contributed by atoms with Crippen LogP contribution in [0.15, 0.2) is 45.3 Å². The molecule has 0 atom stereocenters. The monoisotopic (exact) mass is 255 g/mol. The van der Waals surface area contributed by atoms with E-state index in [1.54, 1.807) is 6.07 Å². The Hall–Kier alpha value is -2.56. The van der Waals surface area contributed by atoms with Crippen LogP contribution < -0.4 is 5.73 Å². The van der Waals surface area contributed by atoms with Crippen molar-refractivity contribution in [2.75, 3.05) is 5.73 Å². The van der Waals surface area contributed by atoms with Crippen molar-refractivity contribution >= 4 is 5.69 Å². The summed E-state index contributed by atoms with van der Waals surface area (Å²) in [7, 11) is 0. The summed E-state index contributed by atoms with van der Waals surface area (Å²) in [6, 6.07) is 11.1. The molecule has 19 heavy (non-hydrogen) atoms. The number of furan rings is 1. The number of anilines is 1. The number of rotatable bonds is 3. The lowest BCUT2D eigenvalue weighted by molar-refractivity contribution is 0.412. The predicted molar refractivity (Wildman–Crippen MR) is 71.2 cm³/mol. The van der Waals surface area contributed by atoms with E-state index in [1.165, 1.54) is 0 Å². The Labute approximate surface area is 110 Å². The maximum Gasteiger partial charge on any atom is 0.293 e. The van der Waals surface area contributed by atoms with Crippen LogP contribution in [0.5, 0.6) is 0 Å². The molecular formula is C14H13N3O2. The van der Waals surface area contributed by atoms with Crippen molar-refractivity contribution in [3.63, 3.8) is 0 Å². The smallest absolute Gasteiger partial charge is 0.293 e. The van der Waals surface area contributed by atoms with Crippen molar-refractivity contribution in [3.8, 4) is 23.0 Å². The first-order valence-electron chi connectivity index (χ1n) is 6.05. The van der Waals surface area contributed by atoms with Crippen molar-refractivity contribution in [3.05, 3.63) is 42.2 Å². The molecule has 2 aromatic heterocycles. The highest BCUT2D eigenvalue weighted by Gasteiger charge is 2.13. The average molecular weight is 255 g/mol. The van der Waals surface area contributed by atoms with Crippen LogP contribution >= 0.6 is 0 Å². The number of hydrogen-bond donors (Lipinski definition) is 1. The molecule has 0 aliphatic rings. The van der Waals surface area contributed by atoms with E-state index < -0.39 is 0 Å². The standard InChI is InChI=1S/C14H13N3O2/c1-2-11-6-7-12(18-11)14-16-13(17-19-14)9-4-3-5-10(15)8-9/h3-8H,2,15H2,1H3. The third-order valence-corrected chi connectivity index (χ3v) is 2.79. The minimum absolute atomic E-state index is 0.372. The summed E-state index contributed by atoms with van der Waals surface area (Å²) in [5.74, 6) is 2.34. The van der Waals surface area contributed by atoms with Gasteiger partial charge < -0.3 is 14.7 Å². The van der Waals surface area contributed by atoms with Crippen LogP contribution in [-0.2, 0) is 6.42 Å². The van der Waals surface area contributed by atoms with Gasteiger partial charge in [-0.05, 0) is 24.3 Å². The van der Waals surface area contributed by atoms with Crippen LogP contribution in [0.1, 0.15) is 12.7 Å². The third kappa shape index (κ3) is 2.22. The van der Waals surface area contributed by atoms with Gasteiger partial charge in [-0.15, -0.1) is 0 Å². The molecule has 0 bridgehead atoms. The van der Waals surface area contributed by atoms with Crippen molar-refractivity contribution in [2.24, 2.45) is 0 Å². The minimum atomic E-state index is 0.372. The van der Waals surface area contributed by atoms with E-state index in [4.69, 9.17) is 14.7 Å². The van der Waals surface area contributed by atoms with Crippen molar-refractivity contribution in [1.29, 1.82) is 0 Å². The second-order valence-corrected chi connectivity index (χ2v) is 4.17. The van der Waals surface area contributed by atoms with Gasteiger partial charge in [-0.25, -0.2) is 0 Å². The normalized spacial score (nSPS) is 10.8. The zero-order valence-corrected chi connectivity index (χ0v) is 10.5. The SMILES string of the molecule is CCc1ccc(-c2nc(-c3cccc(N)c3)no2)o1. The lowest BCUT2D eigenvalue weighted by Crippen LogP contribution is -1.86. The highest BCUT2D eigenvalue weighted by Crippen LogP contribution is 2.24. The summed E-state index contributed by atoms with van der Waals surface area (Å²) < 4.78 is 10.8. The molecule has 5 nitrogen and oxygen atoms in total. The molecule has 0 radical (unpaired) electrons. The largest absolute Gasteiger partial charge is 0.456 e.